The number of esters is 1. The molecule has 4 rings (SSSR count). The molecule has 3 heterocycles. The molecule has 0 radical (unpaired) electrons. The normalized spacial score (nSPS) is 15.0. The van der Waals surface area contributed by atoms with Crippen LogP contribution in [0.3, 0.4) is 0 Å². The van der Waals surface area contributed by atoms with E-state index in [-0.39, 0.29) is 5.97 Å². The third-order valence-corrected chi connectivity index (χ3v) is 4.90. The van der Waals surface area contributed by atoms with E-state index in [0.29, 0.717) is 5.69 Å². The molecule has 0 atom stereocenters. The van der Waals surface area contributed by atoms with Gasteiger partial charge in [-0.05, 0) is 31.5 Å². The third kappa shape index (κ3) is 2.99. The van der Waals surface area contributed by atoms with Crippen molar-refractivity contribution >= 4 is 17.0 Å². The lowest BCUT2D eigenvalue weighted by Gasteiger charge is -2.19. The first-order valence-corrected chi connectivity index (χ1v) is 9.01. The Bertz CT molecular complexity index is 943. The van der Waals surface area contributed by atoms with E-state index in [1.807, 2.05) is 16.8 Å². The van der Waals surface area contributed by atoms with Crippen LogP contribution >= 0.6 is 0 Å². The monoisotopic (exact) mass is 353 g/mol. The first-order valence-electron chi connectivity index (χ1n) is 9.01. The first-order chi connectivity index (χ1) is 12.7. The standard InChI is InChI=1S/C19H23N5O2/c1-3-23-17-8-5-4-7-15(17)20-18(23)13-22-9-6-10-24-14(12-22)11-16(21-24)19(25)26-2/h4-5,7-8,11H,3,6,9-10,12-13H2,1-2H3. The zero-order valence-corrected chi connectivity index (χ0v) is 15.2. The molecule has 0 aliphatic carbocycles. The number of aryl methyl sites for hydroxylation is 2. The van der Waals surface area contributed by atoms with Crippen molar-refractivity contribution in [2.24, 2.45) is 0 Å². The van der Waals surface area contributed by atoms with Crippen molar-refractivity contribution < 1.29 is 9.53 Å². The molecule has 0 spiro atoms. The van der Waals surface area contributed by atoms with E-state index < -0.39 is 0 Å². The highest BCUT2D eigenvalue weighted by molar-refractivity contribution is 5.87. The molecule has 2 aromatic heterocycles. The molecule has 1 aliphatic rings. The second-order valence-corrected chi connectivity index (χ2v) is 6.56. The van der Waals surface area contributed by atoms with Crippen molar-refractivity contribution in [3.05, 3.63) is 47.5 Å². The minimum atomic E-state index is -0.384. The molecule has 0 fully saturated rings. The highest BCUT2D eigenvalue weighted by Gasteiger charge is 2.21. The molecular weight excluding hydrogens is 330 g/mol. The molecule has 136 valence electrons. The van der Waals surface area contributed by atoms with Crippen molar-refractivity contribution in [2.45, 2.75) is 39.5 Å². The summed E-state index contributed by atoms with van der Waals surface area (Å²) in [4.78, 5) is 19.0. The molecule has 0 N–H and O–H groups in total. The number of hydrogen-bond donors (Lipinski definition) is 0. The van der Waals surface area contributed by atoms with Crippen LogP contribution < -0.4 is 0 Å². The minimum absolute atomic E-state index is 0.380. The molecule has 7 heteroatoms. The fraction of sp³-hybridized carbons (Fsp3) is 0.421. The van der Waals surface area contributed by atoms with Crippen LogP contribution in [0.25, 0.3) is 11.0 Å². The number of methoxy groups -OCH3 is 1. The molecule has 0 unspecified atom stereocenters. The summed E-state index contributed by atoms with van der Waals surface area (Å²) in [5.41, 5.74) is 3.64. The Hall–Kier alpha value is -2.67. The topological polar surface area (TPSA) is 65.2 Å². The van der Waals surface area contributed by atoms with E-state index in [1.54, 1.807) is 0 Å². The van der Waals surface area contributed by atoms with Gasteiger partial charge in [0.25, 0.3) is 0 Å². The Morgan fingerprint density at radius 1 is 1.27 bits per heavy atom. The molecule has 7 nitrogen and oxygen atoms in total. The number of benzene rings is 1. The quantitative estimate of drug-likeness (QED) is 0.674. The van der Waals surface area contributed by atoms with Gasteiger partial charge < -0.3 is 9.30 Å². The number of hydrogen-bond acceptors (Lipinski definition) is 5. The zero-order chi connectivity index (χ0) is 18.1. The molecule has 0 saturated carbocycles. The first kappa shape index (κ1) is 16.8. The molecule has 0 amide bonds. The average molecular weight is 353 g/mol. The van der Waals surface area contributed by atoms with E-state index in [0.717, 1.165) is 56.2 Å². The van der Waals surface area contributed by atoms with Crippen molar-refractivity contribution in [1.29, 1.82) is 0 Å². The Labute approximate surface area is 152 Å². The third-order valence-electron chi connectivity index (χ3n) is 4.90. The highest BCUT2D eigenvalue weighted by atomic mass is 16.5. The van der Waals surface area contributed by atoms with E-state index >= 15 is 0 Å². The smallest absolute Gasteiger partial charge is 0.358 e. The Balaban J connectivity index is 1.59. The van der Waals surface area contributed by atoms with Gasteiger partial charge in [-0.15, -0.1) is 0 Å². The number of aromatic nitrogens is 4. The second kappa shape index (κ2) is 6.92. The lowest BCUT2D eigenvalue weighted by atomic mass is 10.3. The van der Waals surface area contributed by atoms with Crippen LogP contribution in [0.5, 0.6) is 0 Å². The van der Waals surface area contributed by atoms with Crippen LogP contribution in [-0.2, 0) is 30.9 Å². The van der Waals surface area contributed by atoms with E-state index in [9.17, 15) is 4.79 Å². The van der Waals surface area contributed by atoms with Crippen LogP contribution in [0.15, 0.2) is 30.3 Å². The summed E-state index contributed by atoms with van der Waals surface area (Å²) >= 11 is 0. The largest absolute Gasteiger partial charge is 0.464 e. The number of carbonyl (C=O) groups excluding carboxylic acids is 1. The Morgan fingerprint density at radius 3 is 2.92 bits per heavy atom. The summed E-state index contributed by atoms with van der Waals surface area (Å²) in [5.74, 6) is 0.694. The predicted octanol–water partition coefficient (Wildman–Crippen LogP) is 2.45. The maximum absolute atomic E-state index is 11.7. The molecule has 26 heavy (non-hydrogen) atoms. The van der Waals surface area contributed by atoms with Crippen molar-refractivity contribution in [3.63, 3.8) is 0 Å². The fourth-order valence-corrected chi connectivity index (χ4v) is 3.67. The van der Waals surface area contributed by atoms with E-state index in [2.05, 4.69) is 39.7 Å². The Morgan fingerprint density at radius 2 is 2.12 bits per heavy atom. The molecule has 0 saturated heterocycles. The van der Waals surface area contributed by atoms with Gasteiger partial charge in [0, 0.05) is 26.2 Å². The summed E-state index contributed by atoms with van der Waals surface area (Å²) in [6.07, 6.45) is 0.988. The van der Waals surface area contributed by atoms with Gasteiger partial charge in [-0.2, -0.15) is 5.10 Å². The van der Waals surface area contributed by atoms with Crippen LogP contribution in [0.1, 0.15) is 35.4 Å². The number of imidazole rings is 1. The van der Waals surface area contributed by atoms with Gasteiger partial charge in [-0.1, -0.05) is 12.1 Å². The molecule has 1 aliphatic heterocycles. The SMILES string of the molecule is CCn1c(CN2CCCn3nc(C(=O)OC)cc3C2)nc2ccccc21. The predicted molar refractivity (Wildman–Crippen MR) is 97.7 cm³/mol. The number of para-hydroxylation sites is 2. The van der Waals surface area contributed by atoms with Crippen LogP contribution in [0.4, 0.5) is 0 Å². The van der Waals surface area contributed by atoms with E-state index in [1.165, 1.54) is 12.6 Å². The van der Waals surface area contributed by atoms with Crippen LogP contribution in [0, 0.1) is 0 Å². The summed E-state index contributed by atoms with van der Waals surface area (Å²) in [7, 11) is 1.38. The van der Waals surface area contributed by atoms with Gasteiger partial charge in [0.05, 0.1) is 30.4 Å². The second-order valence-electron chi connectivity index (χ2n) is 6.56. The molecular formula is C19H23N5O2. The lowest BCUT2D eigenvalue weighted by Crippen LogP contribution is -2.24. The van der Waals surface area contributed by atoms with E-state index in [4.69, 9.17) is 9.72 Å². The summed E-state index contributed by atoms with van der Waals surface area (Å²) < 4.78 is 8.99. The van der Waals surface area contributed by atoms with Gasteiger partial charge in [0.2, 0.25) is 0 Å². The number of fused-ring (bicyclic) bond motifs is 2. The number of ether oxygens (including phenoxy) is 1. The summed E-state index contributed by atoms with van der Waals surface area (Å²) in [6, 6.07) is 10.1. The van der Waals surface area contributed by atoms with Gasteiger partial charge in [0.15, 0.2) is 5.69 Å². The number of nitrogens with zero attached hydrogens (tertiary/aromatic N) is 5. The average Bonchev–Trinajstić information content (AvgIpc) is 3.16. The van der Waals surface area contributed by atoms with Gasteiger partial charge in [-0.25, -0.2) is 9.78 Å². The molecule has 0 bridgehead atoms. The van der Waals surface area contributed by atoms with Crippen molar-refractivity contribution in [3.8, 4) is 0 Å². The zero-order valence-electron chi connectivity index (χ0n) is 15.2. The van der Waals surface area contributed by atoms with Crippen LogP contribution in [-0.4, -0.2) is 43.9 Å². The van der Waals surface area contributed by atoms with Crippen molar-refractivity contribution in [2.75, 3.05) is 13.7 Å². The van der Waals surface area contributed by atoms with Gasteiger partial charge >= 0.3 is 5.97 Å². The van der Waals surface area contributed by atoms with Gasteiger partial charge in [-0.3, -0.25) is 9.58 Å². The molecule has 3 aromatic rings. The number of rotatable bonds is 4. The fourth-order valence-electron chi connectivity index (χ4n) is 3.67. The highest BCUT2D eigenvalue weighted by Crippen LogP contribution is 2.20. The number of carbonyl (C=O) groups is 1. The van der Waals surface area contributed by atoms with Crippen LogP contribution in [0.2, 0.25) is 0 Å². The Kier molecular flexibility index (Phi) is 4.46. The molecule has 1 aromatic carbocycles. The minimum Gasteiger partial charge on any atom is -0.464 e. The summed E-state index contributed by atoms with van der Waals surface area (Å²) in [6.45, 7) is 6.36. The summed E-state index contributed by atoms with van der Waals surface area (Å²) in [5, 5.41) is 4.39. The lowest BCUT2D eigenvalue weighted by molar-refractivity contribution is 0.0593. The maximum Gasteiger partial charge on any atom is 0.358 e. The van der Waals surface area contributed by atoms with Gasteiger partial charge in [0.1, 0.15) is 5.82 Å². The van der Waals surface area contributed by atoms with Crippen molar-refractivity contribution in [1.82, 2.24) is 24.2 Å². The maximum atomic E-state index is 11.7.